The number of thiazole rings is 1. The number of rotatable bonds is 8. The lowest BCUT2D eigenvalue weighted by Crippen LogP contribution is -2.48. The van der Waals surface area contributed by atoms with Gasteiger partial charge in [-0.2, -0.15) is 0 Å². The summed E-state index contributed by atoms with van der Waals surface area (Å²) in [7, 11) is -1.67. The van der Waals surface area contributed by atoms with Gasteiger partial charge < -0.3 is 15.4 Å². The fourth-order valence-electron chi connectivity index (χ4n) is 3.18. The molecule has 0 bridgehead atoms. The van der Waals surface area contributed by atoms with Gasteiger partial charge in [0.15, 0.2) is 0 Å². The highest BCUT2D eigenvalue weighted by atomic mass is 32.1. The monoisotopic (exact) mass is 398 g/mol. The second-order valence-corrected chi connectivity index (χ2v) is 7.70. The molecule has 0 aliphatic heterocycles. The van der Waals surface area contributed by atoms with Crippen molar-refractivity contribution in [2.45, 2.75) is 38.7 Å². The van der Waals surface area contributed by atoms with E-state index >= 15 is 0 Å². The molecule has 3 N–H and O–H groups in total. The molecule has 0 saturated carbocycles. The van der Waals surface area contributed by atoms with Crippen molar-refractivity contribution in [1.82, 2.24) is 9.88 Å². The third kappa shape index (κ3) is 4.89. The van der Waals surface area contributed by atoms with Crippen LogP contribution >= 0.6 is 11.3 Å². The number of carbonyl (C=O) groups is 1. The topological polar surface area (TPSA) is 91.6 Å². The number of carbonyl (C=O) groups excluding carboxylic acids is 1. The van der Waals surface area contributed by atoms with Gasteiger partial charge in [0.2, 0.25) is 5.91 Å². The van der Waals surface area contributed by atoms with E-state index in [2.05, 4.69) is 12.2 Å². The average Bonchev–Trinajstić information content (AvgIpc) is 3.01. The third-order valence-electron chi connectivity index (χ3n) is 4.70. The van der Waals surface area contributed by atoms with Gasteiger partial charge in [0.1, 0.15) is 0 Å². The molecule has 3 aromatic rings. The summed E-state index contributed by atoms with van der Waals surface area (Å²) in [6.45, 7) is 2.30. The highest BCUT2D eigenvalue weighted by molar-refractivity contribution is 7.16. The fraction of sp³-hybridized carbons (Fsp3) is 0.300. The average molecular weight is 398 g/mol. The van der Waals surface area contributed by atoms with E-state index in [1.807, 2.05) is 48.5 Å². The smallest absolute Gasteiger partial charge is 0.426 e. The number of hydrogen-bond acceptors (Lipinski definition) is 5. The summed E-state index contributed by atoms with van der Waals surface area (Å²) in [5.41, 5.74) is 2.89. The first-order valence-electron chi connectivity index (χ1n) is 9.29. The Labute approximate surface area is 167 Å². The Morgan fingerprint density at radius 3 is 2.68 bits per heavy atom. The maximum absolute atomic E-state index is 12.4. The second kappa shape index (κ2) is 9.19. The van der Waals surface area contributed by atoms with E-state index in [4.69, 9.17) is 0 Å². The van der Waals surface area contributed by atoms with E-state index in [1.54, 1.807) is 4.57 Å². The number of benzene rings is 2. The van der Waals surface area contributed by atoms with Crippen molar-refractivity contribution < 1.29 is 14.8 Å². The summed E-state index contributed by atoms with van der Waals surface area (Å²) >= 11 is 1.15. The summed E-state index contributed by atoms with van der Waals surface area (Å²) < 4.78 is 2.46. The Morgan fingerprint density at radius 1 is 1.18 bits per heavy atom. The molecule has 1 amide bonds. The maximum Gasteiger partial charge on any atom is 0.475 e. The highest BCUT2D eigenvalue weighted by Crippen LogP contribution is 2.16. The maximum atomic E-state index is 12.4. The van der Waals surface area contributed by atoms with Crippen molar-refractivity contribution in [3.8, 4) is 0 Å². The normalized spacial score (nSPS) is 12.1. The molecular formula is C20H23BN2O4S. The Balaban J connectivity index is 1.64. The molecule has 0 fully saturated rings. The zero-order valence-electron chi connectivity index (χ0n) is 15.7. The third-order valence-corrected chi connectivity index (χ3v) is 5.66. The van der Waals surface area contributed by atoms with Gasteiger partial charge in [0.05, 0.1) is 16.2 Å². The Morgan fingerprint density at radius 2 is 1.93 bits per heavy atom. The van der Waals surface area contributed by atoms with Gasteiger partial charge in [-0.05, 0) is 36.1 Å². The molecule has 0 radical (unpaired) electrons. The van der Waals surface area contributed by atoms with Gasteiger partial charge in [-0.3, -0.25) is 14.2 Å². The zero-order chi connectivity index (χ0) is 20.1. The van der Waals surface area contributed by atoms with Crippen LogP contribution in [0.4, 0.5) is 0 Å². The number of fused-ring (bicyclic) bond motifs is 1. The number of para-hydroxylation sites is 1. The highest BCUT2D eigenvalue weighted by Gasteiger charge is 2.25. The number of nitrogens with zero attached hydrogens (tertiary/aromatic N) is 1. The van der Waals surface area contributed by atoms with Crippen molar-refractivity contribution in [2.75, 3.05) is 0 Å². The van der Waals surface area contributed by atoms with Crippen LogP contribution < -0.4 is 10.2 Å². The van der Waals surface area contributed by atoms with Gasteiger partial charge in [0, 0.05) is 13.0 Å². The van der Waals surface area contributed by atoms with E-state index in [0.29, 0.717) is 6.42 Å². The second-order valence-electron chi connectivity index (χ2n) is 6.70. The first kappa shape index (κ1) is 20.3. The number of aromatic nitrogens is 1. The van der Waals surface area contributed by atoms with Crippen molar-refractivity contribution in [1.29, 1.82) is 0 Å². The van der Waals surface area contributed by atoms with Crippen LogP contribution in [-0.4, -0.2) is 33.6 Å². The van der Waals surface area contributed by atoms with Crippen molar-refractivity contribution in [3.05, 3.63) is 69.3 Å². The van der Waals surface area contributed by atoms with Crippen molar-refractivity contribution >= 4 is 34.6 Å². The largest absolute Gasteiger partial charge is 0.475 e. The van der Waals surface area contributed by atoms with Crippen LogP contribution in [0.1, 0.15) is 24.5 Å². The van der Waals surface area contributed by atoms with Gasteiger partial charge in [-0.15, -0.1) is 0 Å². The zero-order valence-corrected chi connectivity index (χ0v) is 16.5. The SMILES string of the molecule is CCc1cccc(C[C@H](NC(=O)CCn2c(=O)sc3ccccc32)B(O)O)c1. The van der Waals surface area contributed by atoms with Crippen LogP contribution in [0.25, 0.3) is 10.2 Å². The molecular weight excluding hydrogens is 375 g/mol. The summed E-state index contributed by atoms with van der Waals surface area (Å²) in [5.74, 6) is -1.14. The van der Waals surface area contributed by atoms with Crippen LogP contribution in [0.2, 0.25) is 0 Å². The van der Waals surface area contributed by atoms with E-state index < -0.39 is 13.1 Å². The molecule has 1 atom stereocenters. The molecule has 146 valence electrons. The molecule has 6 nitrogen and oxygen atoms in total. The summed E-state index contributed by atoms with van der Waals surface area (Å²) in [6, 6.07) is 15.3. The Kier molecular flexibility index (Phi) is 6.67. The van der Waals surface area contributed by atoms with Crippen molar-refractivity contribution in [2.24, 2.45) is 0 Å². The van der Waals surface area contributed by atoms with Crippen LogP contribution in [-0.2, 0) is 24.2 Å². The van der Waals surface area contributed by atoms with Crippen LogP contribution in [0.5, 0.6) is 0 Å². The molecule has 28 heavy (non-hydrogen) atoms. The van der Waals surface area contributed by atoms with Crippen LogP contribution in [0, 0.1) is 0 Å². The Hall–Kier alpha value is -2.42. The Bertz CT molecular complexity index is 1010. The lowest BCUT2D eigenvalue weighted by atomic mass is 9.75. The van der Waals surface area contributed by atoms with E-state index in [0.717, 1.165) is 39.1 Å². The molecule has 0 aliphatic carbocycles. The van der Waals surface area contributed by atoms with Crippen molar-refractivity contribution in [3.63, 3.8) is 0 Å². The van der Waals surface area contributed by atoms with Gasteiger partial charge in [0.25, 0.3) is 0 Å². The molecule has 1 heterocycles. The minimum absolute atomic E-state index is 0.0822. The minimum Gasteiger partial charge on any atom is -0.426 e. The van der Waals surface area contributed by atoms with Gasteiger partial charge >= 0.3 is 12.0 Å². The van der Waals surface area contributed by atoms with E-state index in [-0.39, 0.29) is 23.7 Å². The number of nitrogens with one attached hydrogen (secondary N) is 1. The molecule has 0 spiro atoms. The van der Waals surface area contributed by atoms with Gasteiger partial charge in [-0.1, -0.05) is 54.7 Å². The first-order chi connectivity index (χ1) is 13.5. The lowest BCUT2D eigenvalue weighted by Gasteiger charge is -2.18. The van der Waals surface area contributed by atoms with Gasteiger partial charge in [-0.25, -0.2) is 0 Å². The molecule has 1 aromatic heterocycles. The quantitative estimate of drug-likeness (QED) is 0.505. The molecule has 0 saturated heterocycles. The summed E-state index contributed by atoms with van der Waals surface area (Å²) in [5, 5.41) is 22.0. The molecule has 8 heteroatoms. The molecule has 3 rings (SSSR count). The van der Waals surface area contributed by atoms with Crippen LogP contribution in [0.15, 0.2) is 53.3 Å². The molecule has 0 unspecified atom stereocenters. The molecule has 0 aliphatic rings. The first-order valence-corrected chi connectivity index (χ1v) is 10.1. The number of amides is 1. The standard InChI is InChI=1S/C20H23BN2O4S/c1-2-14-6-5-7-15(12-14)13-18(21(26)27)22-19(24)10-11-23-16-8-3-4-9-17(16)28-20(23)25/h3-9,12,18,26-27H,2,10-11,13H2,1H3,(H,22,24)/t18-/m0/s1. The number of aryl methyl sites for hydroxylation is 2. The summed E-state index contributed by atoms with van der Waals surface area (Å²) in [4.78, 5) is 24.4. The van der Waals surface area contributed by atoms with E-state index in [1.165, 1.54) is 0 Å². The van der Waals surface area contributed by atoms with Crippen LogP contribution in [0.3, 0.4) is 0 Å². The predicted octanol–water partition coefficient (Wildman–Crippen LogP) is 1.75. The predicted molar refractivity (Wildman–Crippen MR) is 112 cm³/mol. The number of hydrogen-bond donors (Lipinski definition) is 3. The summed E-state index contributed by atoms with van der Waals surface area (Å²) in [6.07, 6.45) is 1.29. The fourth-order valence-corrected chi connectivity index (χ4v) is 4.10. The van der Waals surface area contributed by atoms with E-state index in [9.17, 15) is 19.6 Å². The minimum atomic E-state index is -1.67. The lowest BCUT2D eigenvalue weighted by molar-refractivity contribution is -0.121. The molecule has 2 aromatic carbocycles.